The predicted octanol–water partition coefficient (Wildman–Crippen LogP) is 3.62. The van der Waals surface area contributed by atoms with E-state index in [-0.39, 0.29) is 33.1 Å². The summed E-state index contributed by atoms with van der Waals surface area (Å²) < 4.78 is 33.4. The quantitative estimate of drug-likeness (QED) is 0.599. The topological polar surface area (TPSA) is 113 Å². The van der Waals surface area contributed by atoms with Crippen LogP contribution in [-0.2, 0) is 19.6 Å². The zero-order valence-corrected chi connectivity index (χ0v) is 18.4. The third kappa shape index (κ3) is 5.29. The van der Waals surface area contributed by atoms with Crippen molar-refractivity contribution >= 4 is 44.9 Å². The van der Waals surface area contributed by atoms with Crippen LogP contribution in [0.2, 0.25) is 5.02 Å². The number of nitrogens with zero attached hydrogens (tertiary/aromatic N) is 1. The van der Waals surface area contributed by atoms with E-state index in [1.807, 2.05) is 4.90 Å². The molecule has 31 heavy (non-hydrogen) atoms. The van der Waals surface area contributed by atoms with Gasteiger partial charge in [-0.25, -0.2) is 13.2 Å². The number of piperidine rings is 1. The number of benzene rings is 2. The average Bonchev–Trinajstić information content (AvgIpc) is 2.74. The highest BCUT2D eigenvalue weighted by molar-refractivity contribution is 7.92. The molecule has 0 saturated carbocycles. The van der Waals surface area contributed by atoms with Crippen LogP contribution in [0.4, 0.5) is 11.4 Å². The molecule has 0 aromatic heterocycles. The first-order valence-electron chi connectivity index (χ1n) is 9.79. The molecule has 166 valence electrons. The van der Waals surface area contributed by atoms with Gasteiger partial charge in [-0.05, 0) is 50.1 Å². The van der Waals surface area contributed by atoms with Gasteiger partial charge in [0.2, 0.25) is 0 Å². The summed E-state index contributed by atoms with van der Waals surface area (Å²) in [5, 5.41) is 9.41. The lowest BCUT2D eigenvalue weighted by atomic mass is 9.96. The van der Waals surface area contributed by atoms with E-state index in [9.17, 15) is 23.1 Å². The lowest BCUT2D eigenvalue weighted by Gasteiger charge is -2.34. The molecule has 0 atom stereocenters. The molecule has 1 saturated heterocycles. The highest BCUT2D eigenvalue weighted by Crippen LogP contribution is 2.33. The van der Waals surface area contributed by atoms with Crippen LogP contribution in [-0.4, -0.2) is 45.2 Å². The van der Waals surface area contributed by atoms with E-state index in [1.165, 1.54) is 24.3 Å². The van der Waals surface area contributed by atoms with Gasteiger partial charge in [0.25, 0.3) is 10.0 Å². The minimum atomic E-state index is -4.05. The third-order valence-electron chi connectivity index (χ3n) is 5.07. The van der Waals surface area contributed by atoms with Gasteiger partial charge in [-0.15, -0.1) is 0 Å². The van der Waals surface area contributed by atoms with E-state index in [2.05, 4.69) is 4.72 Å². The monoisotopic (exact) mass is 466 g/mol. The Balaban J connectivity index is 1.90. The number of carboxylic acid groups (broad SMARTS) is 1. The van der Waals surface area contributed by atoms with E-state index in [1.54, 1.807) is 25.1 Å². The average molecular weight is 467 g/mol. The number of ether oxygens (including phenoxy) is 1. The molecule has 0 radical (unpaired) electrons. The van der Waals surface area contributed by atoms with E-state index in [0.29, 0.717) is 38.2 Å². The standard InChI is InChI=1S/C21H23ClN2O6S/c1-2-30-21(27)14-9-11-24(12-10-14)18-8-7-15(20(25)26)13-17(18)23-31(28,29)19-6-4-3-5-16(19)22/h3-8,13-14,23H,2,9-12H2,1H3,(H,25,26). The number of esters is 1. The SMILES string of the molecule is CCOC(=O)C1CCN(c2ccc(C(=O)O)cc2NS(=O)(=O)c2ccccc2Cl)CC1. The molecule has 0 unspecified atom stereocenters. The summed E-state index contributed by atoms with van der Waals surface area (Å²) in [4.78, 5) is 25.3. The maximum absolute atomic E-state index is 12.9. The Bertz CT molecular complexity index is 1080. The van der Waals surface area contributed by atoms with Gasteiger partial charge in [-0.3, -0.25) is 9.52 Å². The third-order valence-corrected chi connectivity index (χ3v) is 6.93. The molecule has 0 amide bonds. The first-order valence-corrected chi connectivity index (χ1v) is 11.7. The van der Waals surface area contributed by atoms with Crippen molar-refractivity contribution in [2.75, 3.05) is 29.3 Å². The number of carboxylic acids is 1. The fourth-order valence-electron chi connectivity index (χ4n) is 3.51. The number of rotatable bonds is 7. The van der Waals surface area contributed by atoms with Crippen LogP contribution in [0.15, 0.2) is 47.4 Å². The van der Waals surface area contributed by atoms with Crippen molar-refractivity contribution in [2.45, 2.75) is 24.7 Å². The Labute approximate surface area is 185 Å². The molecule has 1 aliphatic heterocycles. The Morgan fingerprint density at radius 3 is 2.48 bits per heavy atom. The second-order valence-corrected chi connectivity index (χ2v) is 9.14. The highest BCUT2D eigenvalue weighted by atomic mass is 35.5. The number of carbonyl (C=O) groups is 2. The molecule has 1 heterocycles. The smallest absolute Gasteiger partial charge is 0.335 e. The Kier molecular flexibility index (Phi) is 7.07. The van der Waals surface area contributed by atoms with E-state index < -0.39 is 16.0 Å². The summed E-state index contributed by atoms with van der Waals surface area (Å²) in [5.74, 6) is -1.62. The van der Waals surface area contributed by atoms with Gasteiger partial charge >= 0.3 is 11.9 Å². The maximum atomic E-state index is 12.9. The number of halogens is 1. The van der Waals surface area contributed by atoms with Crippen LogP contribution >= 0.6 is 11.6 Å². The summed E-state index contributed by atoms with van der Waals surface area (Å²) in [6, 6.07) is 10.3. The van der Waals surface area contributed by atoms with Crippen molar-refractivity contribution in [3.63, 3.8) is 0 Å². The molecule has 2 N–H and O–H groups in total. The molecule has 0 spiro atoms. The summed E-state index contributed by atoms with van der Waals surface area (Å²) >= 11 is 6.05. The summed E-state index contributed by atoms with van der Waals surface area (Å²) in [5.41, 5.74) is 0.611. The molecule has 8 nitrogen and oxygen atoms in total. The second kappa shape index (κ2) is 9.57. The number of hydrogen-bond donors (Lipinski definition) is 2. The molecule has 0 aliphatic carbocycles. The fraction of sp³-hybridized carbons (Fsp3) is 0.333. The van der Waals surface area contributed by atoms with Gasteiger partial charge in [0.05, 0.1) is 34.5 Å². The molecule has 2 aromatic rings. The highest BCUT2D eigenvalue weighted by Gasteiger charge is 2.28. The molecular weight excluding hydrogens is 444 g/mol. The van der Waals surface area contributed by atoms with Gasteiger partial charge in [-0.2, -0.15) is 0 Å². The fourth-order valence-corrected chi connectivity index (χ4v) is 5.09. The number of aromatic carboxylic acids is 1. The van der Waals surface area contributed by atoms with Crippen LogP contribution in [0, 0.1) is 5.92 Å². The maximum Gasteiger partial charge on any atom is 0.335 e. The lowest BCUT2D eigenvalue weighted by molar-refractivity contribution is -0.148. The van der Waals surface area contributed by atoms with Gasteiger partial charge < -0.3 is 14.7 Å². The van der Waals surface area contributed by atoms with Crippen molar-refractivity contribution in [1.82, 2.24) is 0 Å². The minimum Gasteiger partial charge on any atom is -0.478 e. The molecule has 1 aliphatic rings. The summed E-state index contributed by atoms with van der Waals surface area (Å²) in [7, 11) is -4.05. The number of sulfonamides is 1. The van der Waals surface area contributed by atoms with Crippen LogP contribution in [0.25, 0.3) is 0 Å². The molecular formula is C21H23ClN2O6S. The summed E-state index contributed by atoms with van der Waals surface area (Å²) in [6.45, 7) is 3.07. The molecule has 2 aromatic carbocycles. The summed E-state index contributed by atoms with van der Waals surface area (Å²) in [6.07, 6.45) is 1.10. The predicted molar refractivity (Wildman–Crippen MR) is 117 cm³/mol. The Morgan fingerprint density at radius 2 is 1.87 bits per heavy atom. The van der Waals surface area contributed by atoms with Crippen molar-refractivity contribution in [1.29, 1.82) is 0 Å². The zero-order valence-electron chi connectivity index (χ0n) is 16.9. The second-order valence-electron chi connectivity index (χ2n) is 7.09. The largest absolute Gasteiger partial charge is 0.478 e. The van der Waals surface area contributed by atoms with Gasteiger partial charge in [0, 0.05) is 13.1 Å². The van der Waals surface area contributed by atoms with Crippen molar-refractivity contribution in [3.8, 4) is 0 Å². The molecule has 0 bridgehead atoms. The van der Waals surface area contributed by atoms with E-state index in [4.69, 9.17) is 16.3 Å². The van der Waals surface area contributed by atoms with Gasteiger partial charge in [0.1, 0.15) is 4.90 Å². The van der Waals surface area contributed by atoms with Crippen molar-refractivity contribution in [2.24, 2.45) is 5.92 Å². The number of hydrogen-bond acceptors (Lipinski definition) is 6. The number of nitrogens with one attached hydrogen (secondary N) is 1. The molecule has 10 heteroatoms. The van der Waals surface area contributed by atoms with E-state index >= 15 is 0 Å². The molecule has 1 fully saturated rings. The van der Waals surface area contributed by atoms with Crippen molar-refractivity contribution < 1.29 is 27.9 Å². The van der Waals surface area contributed by atoms with Gasteiger partial charge in [-0.1, -0.05) is 23.7 Å². The van der Waals surface area contributed by atoms with Crippen molar-refractivity contribution in [3.05, 3.63) is 53.1 Å². The zero-order chi connectivity index (χ0) is 22.6. The minimum absolute atomic E-state index is 0.0537. The van der Waals surface area contributed by atoms with Crippen LogP contribution in [0.3, 0.4) is 0 Å². The Morgan fingerprint density at radius 1 is 1.19 bits per heavy atom. The van der Waals surface area contributed by atoms with Crippen LogP contribution in [0.1, 0.15) is 30.1 Å². The lowest BCUT2D eigenvalue weighted by Crippen LogP contribution is -2.37. The van der Waals surface area contributed by atoms with Gasteiger partial charge in [0.15, 0.2) is 0 Å². The number of carbonyl (C=O) groups excluding carboxylic acids is 1. The van der Waals surface area contributed by atoms with E-state index in [0.717, 1.165) is 0 Å². The Hall–Kier alpha value is -2.78. The van der Waals surface area contributed by atoms with Crippen LogP contribution < -0.4 is 9.62 Å². The normalized spacial score (nSPS) is 14.8. The first kappa shape index (κ1) is 22.9. The molecule has 3 rings (SSSR count). The van der Waals surface area contributed by atoms with Crippen LogP contribution in [0.5, 0.6) is 0 Å². The first-order chi connectivity index (χ1) is 14.7. The number of anilines is 2.